The van der Waals surface area contributed by atoms with Crippen molar-refractivity contribution in [3.05, 3.63) is 41.3 Å². The van der Waals surface area contributed by atoms with Crippen molar-refractivity contribution in [2.45, 2.75) is 6.92 Å². The van der Waals surface area contributed by atoms with Crippen LogP contribution >= 0.6 is 11.3 Å². The summed E-state index contributed by atoms with van der Waals surface area (Å²) in [5.74, 6) is 1.20. The number of hydrogen-bond donors (Lipinski definition) is 0. The fourth-order valence-electron chi connectivity index (χ4n) is 2.63. The van der Waals surface area contributed by atoms with Crippen molar-refractivity contribution in [2.24, 2.45) is 0 Å². The Balaban J connectivity index is 1.55. The van der Waals surface area contributed by atoms with Crippen LogP contribution < -0.4 is 4.90 Å². The molecule has 118 valence electrons. The summed E-state index contributed by atoms with van der Waals surface area (Å²) in [4.78, 5) is 9.06. The molecule has 0 aliphatic carbocycles. The molecule has 3 heterocycles. The Morgan fingerprint density at radius 1 is 1.04 bits per heavy atom. The van der Waals surface area contributed by atoms with Crippen LogP contribution in [-0.2, 0) is 4.74 Å². The molecule has 3 aromatic rings. The minimum atomic E-state index is 0.579. The lowest BCUT2D eigenvalue weighted by molar-refractivity contribution is 0.122. The number of morpholine rings is 1. The first-order valence-corrected chi connectivity index (χ1v) is 8.45. The van der Waals surface area contributed by atoms with Crippen molar-refractivity contribution in [3.8, 4) is 22.2 Å². The summed E-state index contributed by atoms with van der Waals surface area (Å²) in [5.41, 5.74) is 2.17. The quantitative estimate of drug-likeness (QED) is 0.735. The van der Waals surface area contributed by atoms with Gasteiger partial charge < -0.3 is 14.2 Å². The van der Waals surface area contributed by atoms with Crippen LogP contribution in [0.15, 0.2) is 40.9 Å². The molecular weight excluding hydrogens is 310 g/mol. The number of nitrogens with zero attached hydrogens (tertiary/aromatic N) is 3. The lowest BCUT2D eigenvalue weighted by Crippen LogP contribution is -2.36. The van der Waals surface area contributed by atoms with E-state index in [-0.39, 0.29) is 0 Å². The minimum Gasteiger partial charge on any atom is -0.378 e. The van der Waals surface area contributed by atoms with Gasteiger partial charge in [-0.15, -0.1) is 11.3 Å². The SMILES string of the molecule is Cc1ccc(-c2nc(-c3ccc(N4CCOCC4)cc3)no2)s1. The highest BCUT2D eigenvalue weighted by Gasteiger charge is 2.14. The summed E-state index contributed by atoms with van der Waals surface area (Å²) >= 11 is 1.66. The van der Waals surface area contributed by atoms with E-state index in [1.165, 1.54) is 10.6 Å². The molecule has 1 aliphatic heterocycles. The van der Waals surface area contributed by atoms with Crippen LogP contribution in [0.5, 0.6) is 0 Å². The topological polar surface area (TPSA) is 51.4 Å². The molecule has 0 N–H and O–H groups in total. The van der Waals surface area contributed by atoms with Gasteiger partial charge in [-0.3, -0.25) is 0 Å². The zero-order valence-electron chi connectivity index (χ0n) is 12.9. The second kappa shape index (κ2) is 6.14. The Morgan fingerprint density at radius 2 is 1.83 bits per heavy atom. The third kappa shape index (κ3) is 3.00. The number of aromatic nitrogens is 2. The van der Waals surface area contributed by atoms with Crippen LogP contribution in [0.1, 0.15) is 4.88 Å². The fraction of sp³-hybridized carbons (Fsp3) is 0.294. The van der Waals surface area contributed by atoms with Gasteiger partial charge in [-0.1, -0.05) is 5.16 Å². The van der Waals surface area contributed by atoms with Crippen molar-refractivity contribution in [2.75, 3.05) is 31.2 Å². The fourth-order valence-corrected chi connectivity index (χ4v) is 3.42. The van der Waals surface area contributed by atoms with E-state index < -0.39 is 0 Å². The number of anilines is 1. The number of rotatable bonds is 3. The van der Waals surface area contributed by atoms with Gasteiger partial charge >= 0.3 is 0 Å². The third-order valence-corrected chi connectivity index (χ3v) is 4.87. The maximum Gasteiger partial charge on any atom is 0.268 e. The molecule has 4 rings (SSSR count). The number of ether oxygens (including phenoxy) is 1. The van der Waals surface area contributed by atoms with Crippen LogP contribution in [-0.4, -0.2) is 36.4 Å². The molecule has 1 aliphatic rings. The molecular formula is C17H17N3O2S. The molecule has 0 bridgehead atoms. The van der Waals surface area contributed by atoms with Crippen LogP contribution in [0, 0.1) is 6.92 Å². The average Bonchev–Trinajstić information content (AvgIpc) is 3.25. The van der Waals surface area contributed by atoms with E-state index in [1.807, 2.05) is 18.2 Å². The molecule has 0 atom stereocenters. The molecule has 6 heteroatoms. The zero-order valence-corrected chi connectivity index (χ0v) is 13.7. The molecule has 23 heavy (non-hydrogen) atoms. The Morgan fingerprint density at radius 3 is 2.52 bits per heavy atom. The van der Waals surface area contributed by atoms with E-state index >= 15 is 0 Å². The molecule has 0 amide bonds. The van der Waals surface area contributed by atoms with Gasteiger partial charge in [-0.05, 0) is 43.3 Å². The Hall–Kier alpha value is -2.18. The van der Waals surface area contributed by atoms with Gasteiger partial charge in [-0.25, -0.2) is 0 Å². The molecule has 1 saturated heterocycles. The highest BCUT2D eigenvalue weighted by atomic mass is 32.1. The van der Waals surface area contributed by atoms with E-state index in [4.69, 9.17) is 9.26 Å². The van der Waals surface area contributed by atoms with Crippen LogP contribution in [0.3, 0.4) is 0 Å². The van der Waals surface area contributed by atoms with Crippen LogP contribution in [0.4, 0.5) is 5.69 Å². The van der Waals surface area contributed by atoms with Crippen molar-refractivity contribution in [1.82, 2.24) is 10.1 Å². The number of hydrogen-bond acceptors (Lipinski definition) is 6. The average molecular weight is 327 g/mol. The molecule has 1 fully saturated rings. The molecule has 0 saturated carbocycles. The van der Waals surface area contributed by atoms with E-state index in [0.29, 0.717) is 11.7 Å². The van der Waals surface area contributed by atoms with Crippen molar-refractivity contribution in [1.29, 1.82) is 0 Å². The number of aryl methyl sites for hydroxylation is 1. The molecule has 0 radical (unpaired) electrons. The van der Waals surface area contributed by atoms with Gasteiger partial charge in [-0.2, -0.15) is 4.98 Å². The largest absolute Gasteiger partial charge is 0.378 e. The van der Waals surface area contributed by atoms with Crippen molar-refractivity contribution >= 4 is 17.0 Å². The minimum absolute atomic E-state index is 0.579. The monoisotopic (exact) mass is 327 g/mol. The summed E-state index contributed by atoms with van der Waals surface area (Å²) in [6.45, 7) is 5.51. The molecule has 0 unspecified atom stereocenters. The van der Waals surface area contributed by atoms with Gasteiger partial charge in [0.15, 0.2) is 0 Å². The summed E-state index contributed by atoms with van der Waals surface area (Å²) in [5, 5.41) is 4.10. The summed E-state index contributed by atoms with van der Waals surface area (Å²) < 4.78 is 10.8. The maximum atomic E-state index is 5.39. The molecule has 5 nitrogen and oxygen atoms in total. The van der Waals surface area contributed by atoms with Gasteiger partial charge in [0.05, 0.1) is 18.1 Å². The second-order valence-corrected chi connectivity index (χ2v) is 6.77. The smallest absolute Gasteiger partial charge is 0.268 e. The summed E-state index contributed by atoms with van der Waals surface area (Å²) in [6, 6.07) is 12.4. The first-order valence-electron chi connectivity index (χ1n) is 7.63. The van der Waals surface area contributed by atoms with Crippen LogP contribution in [0.2, 0.25) is 0 Å². The summed E-state index contributed by atoms with van der Waals surface area (Å²) in [7, 11) is 0. The predicted octanol–water partition coefficient (Wildman–Crippen LogP) is 3.61. The van der Waals surface area contributed by atoms with Gasteiger partial charge in [0.2, 0.25) is 5.82 Å². The number of thiophene rings is 1. The third-order valence-electron chi connectivity index (χ3n) is 3.88. The second-order valence-electron chi connectivity index (χ2n) is 5.48. The van der Waals surface area contributed by atoms with E-state index in [1.54, 1.807) is 11.3 Å². The van der Waals surface area contributed by atoms with Gasteiger partial charge in [0.1, 0.15) is 0 Å². The Labute approximate surface area is 138 Å². The van der Waals surface area contributed by atoms with Crippen LogP contribution in [0.25, 0.3) is 22.2 Å². The lowest BCUT2D eigenvalue weighted by Gasteiger charge is -2.28. The van der Waals surface area contributed by atoms with E-state index in [2.05, 4.69) is 40.2 Å². The molecule has 2 aromatic heterocycles. The van der Waals surface area contributed by atoms with Gasteiger partial charge in [0.25, 0.3) is 5.89 Å². The molecule has 1 aromatic carbocycles. The van der Waals surface area contributed by atoms with Crippen molar-refractivity contribution in [3.63, 3.8) is 0 Å². The normalized spacial score (nSPS) is 15.1. The lowest BCUT2D eigenvalue weighted by atomic mass is 10.2. The Kier molecular flexibility index (Phi) is 3.85. The highest BCUT2D eigenvalue weighted by molar-refractivity contribution is 7.15. The highest BCUT2D eigenvalue weighted by Crippen LogP contribution is 2.28. The first kappa shape index (κ1) is 14.4. The standard InChI is InChI=1S/C17H17N3O2S/c1-12-2-7-15(23-12)17-18-16(19-22-17)13-3-5-14(6-4-13)20-8-10-21-11-9-20/h2-7H,8-11H2,1H3. The van der Waals surface area contributed by atoms with Gasteiger partial charge in [0, 0.05) is 29.2 Å². The maximum absolute atomic E-state index is 5.39. The number of benzene rings is 1. The molecule has 0 spiro atoms. The van der Waals surface area contributed by atoms with E-state index in [9.17, 15) is 0 Å². The predicted molar refractivity (Wildman–Crippen MR) is 90.8 cm³/mol. The first-order chi connectivity index (χ1) is 11.3. The zero-order chi connectivity index (χ0) is 15.6. The van der Waals surface area contributed by atoms with Crippen molar-refractivity contribution < 1.29 is 9.26 Å². The Bertz CT molecular complexity index is 788. The summed E-state index contributed by atoms with van der Waals surface area (Å²) in [6.07, 6.45) is 0. The van der Waals surface area contributed by atoms with E-state index in [0.717, 1.165) is 36.7 Å².